The minimum atomic E-state index is -3.34. The van der Waals surface area contributed by atoms with Gasteiger partial charge >= 0.3 is 15.5 Å². The van der Waals surface area contributed by atoms with E-state index in [-0.39, 0.29) is 6.16 Å². The summed E-state index contributed by atoms with van der Waals surface area (Å²) in [6.07, 6.45) is 0.659. The van der Waals surface area contributed by atoms with Gasteiger partial charge in [-0.25, -0.2) is 9.79 Å². The summed E-state index contributed by atoms with van der Waals surface area (Å²) in [6, 6.07) is 0. The predicted molar refractivity (Wildman–Crippen MR) is 37.9 cm³/mol. The third-order valence-corrected chi connectivity index (χ3v) is 4.75. The van der Waals surface area contributed by atoms with Crippen LogP contribution in [0.5, 0.6) is 0 Å². The molecule has 0 spiro atoms. The SMILES string of the molecule is CCC[P+](O)(O)P(O)O. The number of rotatable bonds is 3. The van der Waals surface area contributed by atoms with Crippen molar-refractivity contribution >= 4 is 15.5 Å². The maximum absolute atomic E-state index is 8.79. The average Bonchev–Trinajstić information content (AvgIpc) is 1.65. The van der Waals surface area contributed by atoms with Crippen molar-refractivity contribution in [1.29, 1.82) is 0 Å². The first-order chi connectivity index (χ1) is 4.00. The fourth-order valence-corrected chi connectivity index (χ4v) is 2.30. The number of hydrogen-bond acceptors (Lipinski definition) is 4. The molecular weight excluding hydrogens is 162 g/mol. The Bertz CT molecular complexity index is 83.9. The van der Waals surface area contributed by atoms with Crippen LogP contribution < -0.4 is 0 Å². The zero-order valence-electron chi connectivity index (χ0n) is 5.10. The van der Waals surface area contributed by atoms with E-state index in [0.29, 0.717) is 6.42 Å². The molecule has 0 aromatic heterocycles. The Morgan fingerprint density at radius 1 is 1.33 bits per heavy atom. The summed E-state index contributed by atoms with van der Waals surface area (Å²) in [4.78, 5) is 34.3. The van der Waals surface area contributed by atoms with Crippen LogP contribution in [0.3, 0.4) is 0 Å². The van der Waals surface area contributed by atoms with Gasteiger partial charge in [0.25, 0.3) is 0 Å². The third kappa shape index (κ3) is 3.41. The smallest absolute Gasteiger partial charge is 0.315 e. The molecule has 0 unspecified atom stereocenters. The Balaban J connectivity index is 3.70. The van der Waals surface area contributed by atoms with Crippen LogP contribution in [0.15, 0.2) is 0 Å². The topological polar surface area (TPSA) is 80.9 Å². The van der Waals surface area contributed by atoms with E-state index in [0.717, 1.165) is 0 Å². The molecule has 0 aliphatic carbocycles. The molecule has 0 saturated heterocycles. The first kappa shape index (κ1) is 9.70. The van der Waals surface area contributed by atoms with Crippen molar-refractivity contribution in [3.05, 3.63) is 0 Å². The van der Waals surface area contributed by atoms with E-state index in [2.05, 4.69) is 0 Å². The fraction of sp³-hybridized carbons (Fsp3) is 1.00. The molecule has 0 rings (SSSR count). The van der Waals surface area contributed by atoms with Crippen LogP contribution in [0.2, 0.25) is 0 Å². The minimum absolute atomic E-state index is 0.103. The van der Waals surface area contributed by atoms with Crippen LogP contribution in [0.1, 0.15) is 13.3 Å². The van der Waals surface area contributed by atoms with Gasteiger partial charge in [-0.2, -0.15) is 0 Å². The third-order valence-electron chi connectivity index (χ3n) is 0.810. The molecule has 0 aliphatic heterocycles. The molecule has 0 aliphatic rings. The minimum Gasteiger partial charge on any atom is -0.315 e. The lowest BCUT2D eigenvalue weighted by Crippen LogP contribution is -1.92. The van der Waals surface area contributed by atoms with Crippen molar-refractivity contribution in [1.82, 2.24) is 0 Å². The molecular formula is C3H11O4P2+. The molecule has 0 radical (unpaired) electrons. The van der Waals surface area contributed by atoms with Crippen LogP contribution >= 0.6 is 15.5 Å². The van der Waals surface area contributed by atoms with Gasteiger partial charge in [0.2, 0.25) is 0 Å². The number of hydrogen-bond donors (Lipinski definition) is 4. The summed E-state index contributed by atoms with van der Waals surface area (Å²) in [5.41, 5.74) is 0. The lowest BCUT2D eigenvalue weighted by Gasteiger charge is -2.09. The quantitative estimate of drug-likeness (QED) is 0.467. The second-order valence-electron chi connectivity index (χ2n) is 1.68. The maximum Gasteiger partial charge on any atom is 0.406 e. The van der Waals surface area contributed by atoms with E-state index in [9.17, 15) is 0 Å². The summed E-state index contributed by atoms with van der Waals surface area (Å²) in [6.45, 7) is 1.75. The van der Waals surface area contributed by atoms with E-state index in [1.54, 1.807) is 6.92 Å². The lowest BCUT2D eigenvalue weighted by molar-refractivity contribution is 0.435. The first-order valence-corrected chi connectivity index (χ1v) is 6.36. The Kier molecular flexibility index (Phi) is 4.06. The van der Waals surface area contributed by atoms with E-state index in [1.165, 1.54) is 0 Å². The molecule has 56 valence electrons. The van der Waals surface area contributed by atoms with Gasteiger partial charge < -0.3 is 9.79 Å². The van der Waals surface area contributed by atoms with Crippen LogP contribution in [0.4, 0.5) is 0 Å². The lowest BCUT2D eigenvalue weighted by atomic mass is 10.6. The Morgan fingerprint density at radius 3 is 1.89 bits per heavy atom. The zero-order valence-corrected chi connectivity index (χ0v) is 6.89. The van der Waals surface area contributed by atoms with Crippen LogP contribution in [-0.4, -0.2) is 25.7 Å². The molecule has 6 heteroatoms. The highest BCUT2D eigenvalue weighted by molar-refractivity contribution is 8.29. The van der Waals surface area contributed by atoms with Gasteiger partial charge in [0.1, 0.15) is 6.16 Å². The Labute approximate surface area is 55.5 Å². The molecule has 0 heterocycles. The van der Waals surface area contributed by atoms with E-state index >= 15 is 0 Å². The average molecular weight is 173 g/mol. The Hall–Kier alpha value is 0.700. The largest absolute Gasteiger partial charge is 0.406 e. The molecule has 0 amide bonds. The van der Waals surface area contributed by atoms with Crippen molar-refractivity contribution in [3.8, 4) is 0 Å². The summed E-state index contributed by atoms with van der Waals surface area (Å²) >= 11 is 0. The normalized spacial score (nSPS) is 12.7. The van der Waals surface area contributed by atoms with Gasteiger partial charge in [-0.15, -0.1) is 0 Å². The van der Waals surface area contributed by atoms with Gasteiger partial charge in [-0.1, -0.05) is 6.92 Å². The highest BCUT2D eigenvalue weighted by atomic mass is 32.1. The highest BCUT2D eigenvalue weighted by Gasteiger charge is 2.43. The summed E-state index contributed by atoms with van der Waals surface area (Å²) in [5, 5.41) is 0. The van der Waals surface area contributed by atoms with Crippen molar-refractivity contribution in [3.63, 3.8) is 0 Å². The van der Waals surface area contributed by atoms with Crippen molar-refractivity contribution < 1.29 is 19.6 Å². The fourth-order valence-electron chi connectivity index (χ4n) is 0.389. The van der Waals surface area contributed by atoms with Gasteiger partial charge in [-0.05, 0) is 6.42 Å². The molecule has 0 aromatic rings. The van der Waals surface area contributed by atoms with Gasteiger partial charge in [0, 0.05) is 0 Å². The molecule has 9 heavy (non-hydrogen) atoms. The standard InChI is InChI=1S/C3H11O4P2/c1-2-3-9(6,7)8(4)5/h4-7H,2-3H2,1H3/q+1. The zero-order chi connectivity index (χ0) is 7.49. The van der Waals surface area contributed by atoms with Gasteiger partial charge in [0.15, 0.2) is 0 Å². The second-order valence-corrected chi connectivity index (χ2v) is 7.05. The van der Waals surface area contributed by atoms with E-state index < -0.39 is 15.5 Å². The monoisotopic (exact) mass is 173 g/mol. The second kappa shape index (κ2) is 3.77. The first-order valence-electron chi connectivity index (χ1n) is 2.52. The summed E-state index contributed by atoms with van der Waals surface area (Å²) < 4.78 is 0. The molecule has 4 nitrogen and oxygen atoms in total. The van der Waals surface area contributed by atoms with Gasteiger partial charge in [-0.3, -0.25) is 0 Å². The van der Waals surface area contributed by atoms with Crippen LogP contribution in [0.25, 0.3) is 0 Å². The van der Waals surface area contributed by atoms with Crippen LogP contribution in [0, 0.1) is 0 Å². The molecule has 0 bridgehead atoms. The maximum atomic E-state index is 8.79. The molecule has 0 aromatic carbocycles. The van der Waals surface area contributed by atoms with Crippen molar-refractivity contribution in [2.75, 3.05) is 6.16 Å². The van der Waals surface area contributed by atoms with E-state index in [4.69, 9.17) is 19.6 Å². The van der Waals surface area contributed by atoms with E-state index in [1.807, 2.05) is 0 Å². The van der Waals surface area contributed by atoms with Crippen molar-refractivity contribution in [2.45, 2.75) is 13.3 Å². The molecule has 0 fully saturated rings. The summed E-state index contributed by atoms with van der Waals surface area (Å²) in [5.74, 6) is 0. The molecule has 0 atom stereocenters. The molecule has 0 saturated carbocycles. The predicted octanol–water partition coefficient (Wildman–Crippen LogP) is 0.440. The van der Waals surface area contributed by atoms with Crippen LogP contribution in [-0.2, 0) is 0 Å². The highest BCUT2D eigenvalue weighted by Crippen LogP contribution is 2.74. The Morgan fingerprint density at radius 2 is 1.78 bits per heavy atom. The molecule has 4 N–H and O–H groups in total. The van der Waals surface area contributed by atoms with Gasteiger partial charge in [0.05, 0.1) is 0 Å². The van der Waals surface area contributed by atoms with Crippen molar-refractivity contribution in [2.24, 2.45) is 0 Å². The summed E-state index contributed by atoms with van der Waals surface area (Å²) in [7, 11) is -5.87.